The summed E-state index contributed by atoms with van der Waals surface area (Å²) in [5.41, 5.74) is 1.60. The normalized spacial score (nSPS) is 30.3. The number of carbonyl (C=O) groups is 1. The van der Waals surface area contributed by atoms with E-state index in [1.54, 1.807) is 0 Å². The quantitative estimate of drug-likeness (QED) is 0.873. The van der Waals surface area contributed by atoms with Crippen molar-refractivity contribution in [3.05, 3.63) is 28.7 Å². The van der Waals surface area contributed by atoms with Gasteiger partial charge >= 0.3 is 0 Å². The van der Waals surface area contributed by atoms with Gasteiger partial charge in [-0.25, -0.2) is 0 Å². The van der Waals surface area contributed by atoms with Gasteiger partial charge in [0.05, 0.1) is 6.54 Å². The highest BCUT2D eigenvalue weighted by Gasteiger charge is 2.55. The van der Waals surface area contributed by atoms with Crippen LogP contribution in [0.2, 0.25) is 0 Å². The summed E-state index contributed by atoms with van der Waals surface area (Å²) in [6.07, 6.45) is 2.59. The van der Waals surface area contributed by atoms with Gasteiger partial charge in [-0.3, -0.25) is 9.69 Å². The summed E-state index contributed by atoms with van der Waals surface area (Å²) in [4.78, 5) is 14.6. The zero-order chi connectivity index (χ0) is 16.0. The number of rotatable bonds is 3. The third-order valence-corrected chi connectivity index (χ3v) is 6.70. The number of piperidine rings is 1. The lowest BCUT2D eigenvalue weighted by atomic mass is 9.63. The molecule has 0 spiro atoms. The van der Waals surface area contributed by atoms with Gasteiger partial charge in [-0.2, -0.15) is 0 Å². The van der Waals surface area contributed by atoms with E-state index in [0.29, 0.717) is 23.3 Å². The number of anilines is 1. The Labute approximate surface area is 141 Å². The fourth-order valence-electron chi connectivity index (χ4n) is 4.20. The number of nitrogens with zero attached hydrogens (tertiary/aromatic N) is 1. The molecule has 2 aliphatic rings. The molecule has 1 N–H and O–H groups in total. The number of carbonyl (C=O) groups excluding carboxylic acids is 1. The van der Waals surface area contributed by atoms with Crippen molar-refractivity contribution in [1.29, 1.82) is 0 Å². The molecular formula is C18H25BrN2O. The average Bonchev–Trinajstić information content (AvgIpc) is 2.59. The Morgan fingerprint density at radius 1 is 1.32 bits per heavy atom. The number of amides is 1. The SMILES string of the molecule is CC1(C)[C@@H]2CC[C@]1(C)CN(CC(=O)Nc1ccc(Br)cc1)C2. The molecule has 1 saturated heterocycles. The minimum absolute atomic E-state index is 0.0880. The largest absolute Gasteiger partial charge is 0.325 e. The molecule has 1 heterocycles. The molecule has 22 heavy (non-hydrogen) atoms. The molecule has 2 bridgehead atoms. The summed E-state index contributed by atoms with van der Waals surface area (Å²) in [5, 5.41) is 3.00. The number of likely N-dealkylation sites (tertiary alicyclic amines) is 1. The third kappa shape index (κ3) is 2.83. The maximum absolute atomic E-state index is 12.3. The molecule has 1 aromatic carbocycles. The van der Waals surface area contributed by atoms with Gasteiger partial charge in [0, 0.05) is 23.2 Å². The van der Waals surface area contributed by atoms with E-state index in [1.165, 1.54) is 12.8 Å². The number of hydrogen-bond donors (Lipinski definition) is 1. The van der Waals surface area contributed by atoms with Crippen LogP contribution in [0.25, 0.3) is 0 Å². The molecule has 0 aromatic heterocycles. The predicted octanol–water partition coefficient (Wildman–Crippen LogP) is 4.15. The fourth-order valence-corrected chi connectivity index (χ4v) is 4.46. The van der Waals surface area contributed by atoms with E-state index in [-0.39, 0.29) is 5.91 Å². The third-order valence-electron chi connectivity index (χ3n) is 6.17. The first-order valence-electron chi connectivity index (χ1n) is 8.08. The standard InChI is InChI=1S/C18H25BrN2O/c1-17(2)13-8-9-18(17,3)12-21(10-13)11-16(22)20-15-6-4-14(19)5-7-15/h4-7,13H,8-12H2,1-3H3,(H,20,22)/t13-,18-/m1/s1. The molecular weight excluding hydrogens is 340 g/mol. The summed E-state index contributed by atoms with van der Waals surface area (Å²) in [6.45, 7) is 9.79. The van der Waals surface area contributed by atoms with Crippen LogP contribution >= 0.6 is 15.9 Å². The maximum Gasteiger partial charge on any atom is 0.238 e. The minimum atomic E-state index is 0.0880. The smallest absolute Gasteiger partial charge is 0.238 e. The van der Waals surface area contributed by atoms with Gasteiger partial charge in [-0.15, -0.1) is 0 Å². The highest BCUT2D eigenvalue weighted by atomic mass is 79.9. The van der Waals surface area contributed by atoms with Crippen LogP contribution in [0.5, 0.6) is 0 Å². The van der Waals surface area contributed by atoms with E-state index in [1.807, 2.05) is 24.3 Å². The van der Waals surface area contributed by atoms with E-state index in [9.17, 15) is 4.79 Å². The molecule has 120 valence electrons. The van der Waals surface area contributed by atoms with Crippen molar-refractivity contribution in [2.45, 2.75) is 33.6 Å². The van der Waals surface area contributed by atoms with Gasteiger partial charge in [-0.05, 0) is 53.9 Å². The summed E-state index contributed by atoms with van der Waals surface area (Å²) in [7, 11) is 0. The second-order valence-electron chi connectivity index (χ2n) is 7.74. The Balaban J connectivity index is 1.60. The summed E-state index contributed by atoms with van der Waals surface area (Å²) in [5.74, 6) is 0.803. The second-order valence-corrected chi connectivity index (χ2v) is 8.66. The Hall–Kier alpha value is -0.870. The highest BCUT2D eigenvalue weighted by Crippen LogP contribution is 2.58. The molecule has 1 amide bonds. The van der Waals surface area contributed by atoms with E-state index < -0.39 is 0 Å². The lowest BCUT2D eigenvalue weighted by molar-refractivity contribution is -0.119. The highest BCUT2D eigenvalue weighted by molar-refractivity contribution is 9.10. The van der Waals surface area contributed by atoms with E-state index >= 15 is 0 Å². The van der Waals surface area contributed by atoms with Crippen LogP contribution in [0.1, 0.15) is 33.6 Å². The predicted molar refractivity (Wildman–Crippen MR) is 93.8 cm³/mol. The van der Waals surface area contributed by atoms with Crippen LogP contribution in [0.4, 0.5) is 5.69 Å². The molecule has 2 atom stereocenters. The summed E-state index contributed by atoms with van der Waals surface area (Å²) >= 11 is 3.41. The lowest BCUT2D eigenvalue weighted by Crippen LogP contribution is -2.53. The van der Waals surface area contributed by atoms with Crippen molar-refractivity contribution >= 4 is 27.5 Å². The monoisotopic (exact) mass is 364 g/mol. The molecule has 1 aromatic rings. The van der Waals surface area contributed by atoms with Gasteiger partial charge in [0.2, 0.25) is 5.91 Å². The summed E-state index contributed by atoms with van der Waals surface area (Å²) < 4.78 is 1.02. The van der Waals surface area contributed by atoms with Crippen LogP contribution in [0.3, 0.4) is 0 Å². The van der Waals surface area contributed by atoms with Gasteiger partial charge in [0.1, 0.15) is 0 Å². The lowest BCUT2D eigenvalue weighted by Gasteiger charge is -2.50. The molecule has 3 rings (SSSR count). The Morgan fingerprint density at radius 3 is 2.64 bits per heavy atom. The number of fused-ring (bicyclic) bond motifs is 2. The average molecular weight is 365 g/mol. The van der Waals surface area contributed by atoms with Crippen molar-refractivity contribution in [1.82, 2.24) is 4.90 Å². The molecule has 3 nitrogen and oxygen atoms in total. The first kappa shape index (κ1) is 16.0. The van der Waals surface area contributed by atoms with E-state index in [0.717, 1.165) is 23.2 Å². The molecule has 0 unspecified atom stereocenters. The first-order valence-corrected chi connectivity index (χ1v) is 8.87. The molecule has 1 saturated carbocycles. The Kier molecular flexibility index (Phi) is 4.11. The van der Waals surface area contributed by atoms with Gasteiger partial charge in [0.15, 0.2) is 0 Å². The van der Waals surface area contributed by atoms with Crippen LogP contribution < -0.4 is 5.32 Å². The summed E-state index contributed by atoms with van der Waals surface area (Å²) in [6, 6.07) is 7.74. The fraction of sp³-hybridized carbons (Fsp3) is 0.611. The van der Waals surface area contributed by atoms with Crippen LogP contribution in [0.15, 0.2) is 28.7 Å². The number of nitrogens with one attached hydrogen (secondary N) is 1. The number of halogens is 1. The number of hydrogen-bond acceptors (Lipinski definition) is 2. The molecule has 1 aliphatic carbocycles. The Morgan fingerprint density at radius 2 is 2.00 bits per heavy atom. The van der Waals surface area contributed by atoms with Gasteiger partial charge < -0.3 is 5.32 Å². The zero-order valence-electron chi connectivity index (χ0n) is 13.7. The van der Waals surface area contributed by atoms with Crippen molar-refractivity contribution in [3.63, 3.8) is 0 Å². The zero-order valence-corrected chi connectivity index (χ0v) is 15.2. The first-order chi connectivity index (χ1) is 10.3. The number of benzene rings is 1. The van der Waals surface area contributed by atoms with Crippen molar-refractivity contribution in [2.75, 3.05) is 25.0 Å². The van der Waals surface area contributed by atoms with E-state index in [2.05, 4.69) is 46.9 Å². The molecule has 4 heteroatoms. The van der Waals surface area contributed by atoms with Crippen molar-refractivity contribution in [2.24, 2.45) is 16.7 Å². The van der Waals surface area contributed by atoms with Gasteiger partial charge in [-0.1, -0.05) is 36.7 Å². The topological polar surface area (TPSA) is 32.3 Å². The van der Waals surface area contributed by atoms with Crippen molar-refractivity contribution in [3.8, 4) is 0 Å². The van der Waals surface area contributed by atoms with Crippen LogP contribution in [-0.4, -0.2) is 30.4 Å². The minimum Gasteiger partial charge on any atom is -0.325 e. The van der Waals surface area contributed by atoms with Crippen molar-refractivity contribution < 1.29 is 4.79 Å². The van der Waals surface area contributed by atoms with Gasteiger partial charge in [0.25, 0.3) is 0 Å². The van der Waals surface area contributed by atoms with Crippen LogP contribution in [0, 0.1) is 16.7 Å². The van der Waals surface area contributed by atoms with Crippen LogP contribution in [-0.2, 0) is 4.79 Å². The Bertz CT molecular complexity index is 569. The second kappa shape index (κ2) is 5.64. The van der Waals surface area contributed by atoms with E-state index in [4.69, 9.17) is 0 Å². The molecule has 2 fully saturated rings. The maximum atomic E-state index is 12.3. The molecule has 0 radical (unpaired) electrons. The molecule has 1 aliphatic heterocycles.